The van der Waals surface area contributed by atoms with Crippen LogP contribution in [0.3, 0.4) is 0 Å². The van der Waals surface area contributed by atoms with Crippen LogP contribution in [0.25, 0.3) is 117 Å². The van der Waals surface area contributed by atoms with E-state index in [-0.39, 0.29) is 5.41 Å². The monoisotopic (exact) mass is 832 g/mol. The zero-order chi connectivity index (χ0) is 43.2. The lowest BCUT2D eigenvalue weighted by Crippen LogP contribution is -2.14. The highest BCUT2D eigenvalue weighted by Crippen LogP contribution is 2.50. The molecule has 0 radical (unpaired) electrons. The van der Waals surface area contributed by atoms with E-state index in [4.69, 9.17) is 19.4 Å². The highest BCUT2D eigenvalue weighted by atomic mass is 16.3. The van der Waals surface area contributed by atoms with Crippen LogP contribution in [-0.2, 0) is 5.41 Å². The van der Waals surface area contributed by atoms with Crippen LogP contribution >= 0.6 is 0 Å². The van der Waals surface area contributed by atoms with Crippen molar-refractivity contribution in [2.24, 2.45) is 0 Å². The summed E-state index contributed by atoms with van der Waals surface area (Å²) >= 11 is 0. The summed E-state index contributed by atoms with van der Waals surface area (Å²) in [5, 5.41) is 4.38. The van der Waals surface area contributed by atoms with Gasteiger partial charge in [0.15, 0.2) is 17.5 Å². The maximum absolute atomic E-state index is 6.55. The molecule has 5 nitrogen and oxygen atoms in total. The van der Waals surface area contributed by atoms with Crippen LogP contribution in [-0.4, -0.2) is 19.5 Å². The first-order chi connectivity index (χ1) is 32.0. The molecule has 0 bridgehead atoms. The molecule has 0 aliphatic heterocycles. The first-order valence-corrected chi connectivity index (χ1v) is 22.2. The first kappa shape index (κ1) is 37.2. The number of benzene rings is 9. The lowest BCUT2D eigenvalue weighted by Gasteiger charge is -2.21. The van der Waals surface area contributed by atoms with E-state index in [1.807, 2.05) is 72.8 Å². The number of furan rings is 1. The standard InChI is InChI=1S/C60H40N4O/c1-60(2)50-23-13-12-21-44(50)46-33-39(25-29-51(46)60)40-26-30-52-47(34-40)48-35-41(27-31-53(48)64(52)43-19-10-5-11-20-43)42-28-32-54-49(36-42)56-45(22-14-24-55(56)65-54)59-62-57(37-15-6-3-7-16-37)61-58(63-59)38-17-8-4-9-18-38/h3-36H,1-2H3. The summed E-state index contributed by atoms with van der Waals surface area (Å²) < 4.78 is 8.94. The van der Waals surface area contributed by atoms with Crippen LogP contribution in [0, 0.1) is 0 Å². The van der Waals surface area contributed by atoms with Gasteiger partial charge in [0.05, 0.1) is 11.0 Å². The van der Waals surface area contributed by atoms with Crippen molar-refractivity contribution in [3.05, 3.63) is 217 Å². The van der Waals surface area contributed by atoms with Gasteiger partial charge in [-0.15, -0.1) is 0 Å². The van der Waals surface area contributed by atoms with Gasteiger partial charge < -0.3 is 8.98 Å². The van der Waals surface area contributed by atoms with Gasteiger partial charge in [0.2, 0.25) is 0 Å². The van der Waals surface area contributed by atoms with Gasteiger partial charge in [-0.05, 0) is 105 Å². The second kappa shape index (κ2) is 14.3. The Morgan fingerprint density at radius 3 is 1.54 bits per heavy atom. The van der Waals surface area contributed by atoms with Crippen molar-refractivity contribution in [2.75, 3.05) is 0 Å². The average molecular weight is 833 g/mol. The molecule has 3 aromatic heterocycles. The highest BCUT2D eigenvalue weighted by Gasteiger charge is 2.35. The zero-order valence-corrected chi connectivity index (χ0v) is 35.8. The van der Waals surface area contributed by atoms with Crippen molar-refractivity contribution >= 4 is 43.7 Å². The summed E-state index contributed by atoms with van der Waals surface area (Å²) in [7, 11) is 0. The third kappa shape index (κ3) is 5.89. The van der Waals surface area contributed by atoms with Gasteiger partial charge in [-0.2, -0.15) is 0 Å². The molecular weight excluding hydrogens is 793 g/mol. The van der Waals surface area contributed by atoms with E-state index >= 15 is 0 Å². The van der Waals surface area contributed by atoms with Gasteiger partial charge in [0, 0.05) is 49.3 Å². The number of aromatic nitrogens is 4. The molecule has 13 rings (SSSR count). The average Bonchev–Trinajstić information content (AvgIpc) is 3.99. The minimum absolute atomic E-state index is 0.0359. The lowest BCUT2D eigenvalue weighted by atomic mass is 9.82. The predicted molar refractivity (Wildman–Crippen MR) is 266 cm³/mol. The van der Waals surface area contributed by atoms with Crippen LogP contribution < -0.4 is 0 Å². The zero-order valence-electron chi connectivity index (χ0n) is 35.8. The van der Waals surface area contributed by atoms with Crippen LogP contribution in [0.5, 0.6) is 0 Å². The fraction of sp³-hybridized carbons (Fsp3) is 0.0500. The van der Waals surface area contributed by atoms with Gasteiger partial charge in [-0.1, -0.05) is 159 Å². The maximum Gasteiger partial charge on any atom is 0.164 e. The fourth-order valence-corrected chi connectivity index (χ4v) is 10.3. The van der Waals surface area contributed by atoms with Crippen molar-refractivity contribution < 1.29 is 4.42 Å². The highest BCUT2D eigenvalue weighted by molar-refractivity contribution is 6.14. The molecule has 5 heteroatoms. The lowest BCUT2D eigenvalue weighted by molar-refractivity contribution is 0.660. The number of nitrogens with zero attached hydrogens (tertiary/aromatic N) is 4. The van der Waals surface area contributed by atoms with Crippen molar-refractivity contribution in [3.63, 3.8) is 0 Å². The molecule has 0 amide bonds. The second-order valence-corrected chi connectivity index (χ2v) is 17.6. The van der Waals surface area contributed by atoms with Gasteiger partial charge in [-0.3, -0.25) is 0 Å². The molecule has 0 N–H and O–H groups in total. The second-order valence-electron chi connectivity index (χ2n) is 17.6. The van der Waals surface area contributed by atoms with Crippen LogP contribution in [0.15, 0.2) is 211 Å². The van der Waals surface area contributed by atoms with E-state index in [1.165, 1.54) is 49.7 Å². The molecule has 1 aliphatic carbocycles. The number of hydrogen-bond acceptors (Lipinski definition) is 4. The SMILES string of the molecule is CC1(C)c2ccccc2-c2cc(-c3ccc4c(c3)c3cc(-c5ccc6oc7cccc(-c8nc(-c9ccccc9)nc(-c9ccccc9)n8)c7c6c5)ccc3n4-c3ccccc3)ccc21. The molecule has 306 valence electrons. The minimum atomic E-state index is -0.0359. The molecule has 12 aromatic rings. The number of para-hydroxylation sites is 1. The molecule has 0 saturated carbocycles. The van der Waals surface area contributed by atoms with Crippen LogP contribution in [0.1, 0.15) is 25.0 Å². The van der Waals surface area contributed by atoms with E-state index in [0.29, 0.717) is 17.5 Å². The Bertz CT molecular complexity index is 3790. The maximum atomic E-state index is 6.55. The topological polar surface area (TPSA) is 56.7 Å². The summed E-state index contributed by atoms with van der Waals surface area (Å²) in [4.78, 5) is 15.2. The van der Waals surface area contributed by atoms with E-state index in [2.05, 4.69) is 152 Å². The molecule has 0 saturated heterocycles. The summed E-state index contributed by atoms with van der Waals surface area (Å²) in [6.45, 7) is 4.67. The molecule has 3 heterocycles. The normalized spacial score (nSPS) is 12.9. The van der Waals surface area contributed by atoms with E-state index in [1.54, 1.807) is 0 Å². The Morgan fingerprint density at radius 1 is 0.369 bits per heavy atom. The van der Waals surface area contributed by atoms with E-state index in [0.717, 1.165) is 61.0 Å². The summed E-state index contributed by atoms with van der Waals surface area (Å²) in [6, 6.07) is 73.3. The van der Waals surface area contributed by atoms with Crippen LogP contribution in [0.4, 0.5) is 0 Å². The molecule has 1 aliphatic rings. The van der Waals surface area contributed by atoms with Crippen molar-refractivity contribution in [2.45, 2.75) is 19.3 Å². The summed E-state index contributed by atoms with van der Waals surface area (Å²) in [6.07, 6.45) is 0. The molecule has 9 aromatic carbocycles. The van der Waals surface area contributed by atoms with Crippen LogP contribution in [0.2, 0.25) is 0 Å². The quantitative estimate of drug-likeness (QED) is 0.167. The number of fused-ring (bicyclic) bond motifs is 9. The first-order valence-electron chi connectivity index (χ1n) is 22.2. The molecule has 0 unspecified atom stereocenters. The molecule has 0 spiro atoms. The minimum Gasteiger partial charge on any atom is -0.456 e. The Labute approximate surface area is 376 Å². The molecule has 65 heavy (non-hydrogen) atoms. The van der Waals surface area contributed by atoms with Gasteiger partial charge in [0.1, 0.15) is 11.2 Å². The Morgan fingerprint density at radius 2 is 0.877 bits per heavy atom. The Kier molecular flexibility index (Phi) is 8.18. The fourth-order valence-electron chi connectivity index (χ4n) is 10.3. The summed E-state index contributed by atoms with van der Waals surface area (Å²) in [5.74, 6) is 1.84. The smallest absolute Gasteiger partial charge is 0.164 e. The summed E-state index contributed by atoms with van der Waals surface area (Å²) in [5.41, 5.74) is 17.8. The van der Waals surface area contributed by atoms with Gasteiger partial charge in [0.25, 0.3) is 0 Å². The third-order valence-electron chi connectivity index (χ3n) is 13.5. The molecule has 0 atom stereocenters. The van der Waals surface area contributed by atoms with Gasteiger partial charge >= 0.3 is 0 Å². The van der Waals surface area contributed by atoms with E-state index < -0.39 is 0 Å². The number of rotatable bonds is 6. The molecular formula is C60H40N4O. The third-order valence-corrected chi connectivity index (χ3v) is 13.5. The molecule has 0 fully saturated rings. The van der Waals surface area contributed by atoms with E-state index in [9.17, 15) is 0 Å². The van der Waals surface area contributed by atoms with Crippen molar-refractivity contribution in [1.82, 2.24) is 19.5 Å². The predicted octanol–water partition coefficient (Wildman–Crippen LogP) is 15.5. The Hall–Kier alpha value is -8.41. The Balaban J connectivity index is 0.975. The number of hydrogen-bond donors (Lipinski definition) is 0. The van der Waals surface area contributed by atoms with Crippen molar-refractivity contribution in [1.29, 1.82) is 0 Å². The van der Waals surface area contributed by atoms with Crippen molar-refractivity contribution in [3.8, 4) is 73.2 Å². The van der Waals surface area contributed by atoms with Gasteiger partial charge in [-0.25, -0.2) is 15.0 Å². The largest absolute Gasteiger partial charge is 0.456 e.